The molecule has 0 amide bonds. The van der Waals surface area contributed by atoms with Crippen LogP contribution < -0.4 is 0 Å². The first-order valence-electron chi connectivity index (χ1n) is 9.12. The summed E-state index contributed by atoms with van der Waals surface area (Å²) in [6, 6.07) is 0. The minimum atomic E-state index is -1.72. The number of halogens is 1. The Labute approximate surface area is 133 Å². The van der Waals surface area contributed by atoms with Crippen molar-refractivity contribution in [2.24, 2.45) is 0 Å². The van der Waals surface area contributed by atoms with E-state index < -0.39 is 14.5 Å². The van der Waals surface area contributed by atoms with Crippen LogP contribution in [0.5, 0.6) is 0 Å². The summed E-state index contributed by atoms with van der Waals surface area (Å²) in [7, 11) is 7.73. The molecule has 0 bridgehead atoms. The Morgan fingerprint density at radius 3 is 0.950 bits per heavy atom. The van der Waals surface area contributed by atoms with E-state index in [-0.39, 0.29) is 0 Å². The monoisotopic (exact) mass is 390 g/mol. The van der Waals surface area contributed by atoms with E-state index in [4.69, 9.17) is 9.53 Å². The number of rotatable bonds is 3. The van der Waals surface area contributed by atoms with Gasteiger partial charge in [-0.2, -0.15) is 0 Å². The Bertz CT molecular complexity index is 240. The molecule has 0 N–H and O–H groups in total. The Hall–Kier alpha value is 0.952. The van der Waals surface area contributed by atoms with E-state index in [1.165, 1.54) is 96.3 Å². The van der Waals surface area contributed by atoms with E-state index >= 15 is 0 Å². The third kappa shape index (κ3) is 3.31. The second kappa shape index (κ2) is 7.48. The molecule has 0 radical (unpaired) electrons. The van der Waals surface area contributed by atoms with Gasteiger partial charge >= 0.3 is 134 Å². The number of hydrogen-bond acceptors (Lipinski definition) is 0. The molecule has 0 saturated heterocycles. The second-order valence-electron chi connectivity index (χ2n) is 7.08. The molecule has 3 rings (SSSR count). The predicted octanol–water partition coefficient (Wildman–Crippen LogP) is 7.55. The molecule has 0 atom stereocenters. The summed E-state index contributed by atoms with van der Waals surface area (Å²) in [5.74, 6) is 0. The minimum absolute atomic E-state index is 0.987. The summed E-state index contributed by atoms with van der Waals surface area (Å²) >= 11 is -1.72. The molecular formula is C18H33ClPd. The van der Waals surface area contributed by atoms with Gasteiger partial charge in [0.05, 0.1) is 0 Å². The van der Waals surface area contributed by atoms with Gasteiger partial charge in [-0.15, -0.1) is 0 Å². The molecule has 0 heterocycles. The van der Waals surface area contributed by atoms with E-state index in [2.05, 4.69) is 0 Å². The van der Waals surface area contributed by atoms with E-state index in [0.29, 0.717) is 0 Å². The quantitative estimate of drug-likeness (QED) is 0.436. The van der Waals surface area contributed by atoms with Crippen LogP contribution in [0, 0.1) is 0 Å². The normalized spacial score (nSPS) is 29.4. The molecule has 0 aromatic rings. The van der Waals surface area contributed by atoms with Crippen molar-refractivity contribution in [2.45, 2.75) is 109 Å². The van der Waals surface area contributed by atoms with E-state index in [1.807, 2.05) is 0 Å². The zero-order chi connectivity index (χ0) is 13.8. The SMILES string of the molecule is [Cl][Pd]([CH]1CCCCC1)([CH]1CCCCC1)[CH]1CCCCC1. The Balaban J connectivity index is 1.79. The van der Waals surface area contributed by atoms with Gasteiger partial charge in [0.25, 0.3) is 0 Å². The molecule has 0 spiro atoms. The summed E-state index contributed by atoms with van der Waals surface area (Å²) in [6.07, 6.45) is 22.3. The fourth-order valence-electron chi connectivity index (χ4n) is 4.55. The molecule has 20 heavy (non-hydrogen) atoms. The first-order chi connectivity index (χ1) is 9.82. The zero-order valence-corrected chi connectivity index (χ0v) is 15.3. The Morgan fingerprint density at radius 2 is 0.700 bits per heavy atom. The van der Waals surface area contributed by atoms with E-state index in [1.54, 1.807) is 0 Å². The van der Waals surface area contributed by atoms with Gasteiger partial charge in [-0.1, -0.05) is 0 Å². The third-order valence-electron chi connectivity index (χ3n) is 5.68. The van der Waals surface area contributed by atoms with Crippen molar-refractivity contribution in [1.82, 2.24) is 0 Å². The van der Waals surface area contributed by atoms with Crippen molar-refractivity contribution in [1.29, 1.82) is 0 Å². The molecule has 3 aliphatic carbocycles. The van der Waals surface area contributed by atoms with Crippen LogP contribution >= 0.6 is 9.53 Å². The molecule has 3 saturated carbocycles. The van der Waals surface area contributed by atoms with Crippen molar-refractivity contribution < 1.29 is 14.5 Å². The maximum absolute atomic E-state index is 7.73. The van der Waals surface area contributed by atoms with Crippen LogP contribution in [0.3, 0.4) is 0 Å². The molecule has 0 aliphatic heterocycles. The van der Waals surface area contributed by atoms with Gasteiger partial charge in [-0.25, -0.2) is 0 Å². The summed E-state index contributed by atoms with van der Waals surface area (Å²) in [5.41, 5.74) is 0. The first kappa shape index (κ1) is 15.8. The van der Waals surface area contributed by atoms with Gasteiger partial charge in [0.2, 0.25) is 0 Å². The molecule has 0 aromatic carbocycles. The molecule has 3 aliphatic rings. The van der Waals surface area contributed by atoms with Gasteiger partial charge in [0, 0.05) is 0 Å². The van der Waals surface area contributed by atoms with Gasteiger partial charge in [-0.05, 0) is 0 Å². The van der Waals surface area contributed by atoms with Crippen LogP contribution in [0.1, 0.15) is 96.3 Å². The van der Waals surface area contributed by atoms with E-state index in [0.717, 1.165) is 13.2 Å². The van der Waals surface area contributed by atoms with Gasteiger partial charge in [0.15, 0.2) is 0 Å². The van der Waals surface area contributed by atoms with Gasteiger partial charge < -0.3 is 0 Å². The first-order valence-corrected chi connectivity index (χ1v) is 13.8. The molecule has 3 fully saturated rings. The molecule has 0 unspecified atom stereocenters. The van der Waals surface area contributed by atoms with Crippen LogP contribution in [-0.4, -0.2) is 0 Å². The van der Waals surface area contributed by atoms with E-state index in [9.17, 15) is 0 Å². The average molecular weight is 391 g/mol. The summed E-state index contributed by atoms with van der Waals surface area (Å²) in [6.45, 7) is 0. The Kier molecular flexibility index (Phi) is 5.92. The second-order valence-corrected chi connectivity index (χ2v) is 15.9. The van der Waals surface area contributed by atoms with Crippen LogP contribution in [0.25, 0.3) is 0 Å². The predicted molar refractivity (Wildman–Crippen MR) is 86.4 cm³/mol. The molecule has 2 heteroatoms. The number of hydrogen-bond donors (Lipinski definition) is 0. The van der Waals surface area contributed by atoms with Crippen LogP contribution in [0.15, 0.2) is 0 Å². The van der Waals surface area contributed by atoms with Crippen LogP contribution in [-0.2, 0) is 14.5 Å². The average Bonchev–Trinajstić information content (AvgIpc) is 2.56. The Morgan fingerprint density at radius 1 is 0.450 bits per heavy atom. The van der Waals surface area contributed by atoms with Crippen LogP contribution in [0.4, 0.5) is 0 Å². The molecule has 0 aromatic heterocycles. The van der Waals surface area contributed by atoms with Crippen molar-refractivity contribution in [3.8, 4) is 0 Å². The molecular weight excluding hydrogens is 358 g/mol. The summed E-state index contributed by atoms with van der Waals surface area (Å²) in [4.78, 5) is 0. The van der Waals surface area contributed by atoms with Crippen molar-refractivity contribution in [2.75, 3.05) is 0 Å². The fourth-order valence-corrected chi connectivity index (χ4v) is 16.1. The van der Waals surface area contributed by atoms with Crippen molar-refractivity contribution in [3.63, 3.8) is 0 Å². The van der Waals surface area contributed by atoms with Crippen LogP contribution in [0.2, 0.25) is 13.2 Å². The summed E-state index contributed by atoms with van der Waals surface area (Å²) in [5, 5.41) is 0. The standard InChI is InChI=1S/3C6H11.ClH.Pd/c3*1-2-4-6-5-3-1;;/h3*1H,2-6H2;1H;/q;;;;+1/p-1. The van der Waals surface area contributed by atoms with Gasteiger partial charge in [-0.3, -0.25) is 0 Å². The zero-order valence-electron chi connectivity index (χ0n) is 13.0. The maximum atomic E-state index is 7.73. The van der Waals surface area contributed by atoms with Gasteiger partial charge in [0.1, 0.15) is 0 Å². The third-order valence-corrected chi connectivity index (χ3v) is 17.7. The summed E-state index contributed by atoms with van der Waals surface area (Å²) < 4.78 is 2.96. The molecule has 0 nitrogen and oxygen atoms in total. The van der Waals surface area contributed by atoms with Crippen molar-refractivity contribution in [3.05, 3.63) is 0 Å². The molecule has 122 valence electrons. The topological polar surface area (TPSA) is 0 Å². The fraction of sp³-hybridized carbons (Fsp3) is 1.00. The van der Waals surface area contributed by atoms with Crippen molar-refractivity contribution >= 4 is 9.53 Å².